The Bertz CT molecular complexity index is 1000. The van der Waals surface area contributed by atoms with Gasteiger partial charge in [-0.05, 0) is 57.3 Å². The standard InChI is InChI=1S/C10H8.2C7H8N2.3C4H10.6C2H6/c1-2-6-10-8-4-3-7-9(10)5-1;1-2-8-4-7-5-9-3-6(1)7;1-2-6-4-8-5-7(6)9-3-1;3*1-4(2)3;6*1-2/h1-8H;1-2,4,9H,3,5H2;1-3,8H,4-5H2;3*4H,1-3H3;6*1-2H3. The fourth-order valence-corrected chi connectivity index (χ4v) is 3.36. The van der Waals surface area contributed by atoms with Crippen LogP contribution in [-0.4, -0.2) is 9.97 Å². The van der Waals surface area contributed by atoms with Crippen LogP contribution >= 0.6 is 0 Å². The molecule has 2 aromatic carbocycles. The van der Waals surface area contributed by atoms with Gasteiger partial charge in [0.2, 0.25) is 0 Å². The van der Waals surface area contributed by atoms with Crippen LogP contribution in [0.1, 0.15) is 168 Å². The van der Waals surface area contributed by atoms with Gasteiger partial charge in [-0.3, -0.25) is 9.97 Å². The van der Waals surface area contributed by atoms with Crippen LogP contribution in [0.3, 0.4) is 0 Å². The van der Waals surface area contributed by atoms with Crippen molar-refractivity contribution in [3.05, 3.63) is 108 Å². The molecule has 2 N–H and O–H groups in total. The van der Waals surface area contributed by atoms with Crippen LogP contribution in [0.15, 0.2) is 85.3 Å². The topological polar surface area (TPSA) is 49.8 Å². The highest BCUT2D eigenvalue weighted by Gasteiger charge is 2.08. The second-order valence-electron chi connectivity index (χ2n) is 12.0. The summed E-state index contributed by atoms with van der Waals surface area (Å²) in [4.78, 5) is 8.21. The zero-order valence-electron chi connectivity index (χ0n) is 38.5. The fraction of sp³-hybridized carbons (Fsp3) is 0.583. The molecule has 0 fully saturated rings. The number of aromatic nitrogens is 2. The Morgan fingerprint density at radius 1 is 0.404 bits per heavy atom. The lowest BCUT2D eigenvalue weighted by Crippen LogP contribution is -2.00. The van der Waals surface area contributed by atoms with Gasteiger partial charge in [-0.1, -0.05) is 200 Å². The molecular weight excluding hydrogens is 633 g/mol. The molecule has 2 aliphatic heterocycles. The van der Waals surface area contributed by atoms with Crippen molar-refractivity contribution < 1.29 is 0 Å². The number of nitrogens with zero attached hydrogens (tertiary/aromatic N) is 2. The maximum atomic E-state index is 4.20. The van der Waals surface area contributed by atoms with Gasteiger partial charge in [-0.15, -0.1) is 0 Å². The number of benzene rings is 2. The zero-order chi connectivity index (χ0) is 41.8. The van der Waals surface area contributed by atoms with E-state index in [9.17, 15) is 0 Å². The van der Waals surface area contributed by atoms with Crippen LogP contribution in [0, 0.1) is 17.8 Å². The van der Waals surface area contributed by atoms with Gasteiger partial charge in [-0.25, -0.2) is 0 Å². The summed E-state index contributed by atoms with van der Waals surface area (Å²) in [5.41, 5.74) is 5.29. The lowest BCUT2D eigenvalue weighted by Gasteiger charge is -1.92. The van der Waals surface area contributed by atoms with Crippen molar-refractivity contribution in [3.63, 3.8) is 0 Å². The van der Waals surface area contributed by atoms with Crippen molar-refractivity contribution >= 4 is 10.8 Å². The van der Waals surface area contributed by atoms with E-state index in [2.05, 4.69) is 144 Å². The largest absolute Gasteiger partial charge is 0.309 e. The molecule has 0 saturated heterocycles. The van der Waals surface area contributed by atoms with E-state index in [1.54, 1.807) is 0 Å². The van der Waals surface area contributed by atoms with Crippen LogP contribution in [0.25, 0.3) is 10.8 Å². The van der Waals surface area contributed by atoms with Crippen LogP contribution in [0.5, 0.6) is 0 Å². The van der Waals surface area contributed by atoms with Gasteiger partial charge in [-0.2, -0.15) is 0 Å². The number of hydrogen-bond donors (Lipinski definition) is 2. The second kappa shape index (κ2) is 50.0. The molecule has 0 radical (unpaired) electrons. The molecule has 2 aromatic heterocycles. The summed E-state index contributed by atoms with van der Waals surface area (Å²) in [5, 5.41) is 9.09. The molecule has 4 heterocycles. The smallest absolute Gasteiger partial charge is 0.0586 e. The van der Waals surface area contributed by atoms with E-state index in [1.165, 1.54) is 33.2 Å². The summed E-state index contributed by atoms with van der Waals surface area (Å²) in [7, 11) is 0. The molecule has 302 valence electrons. The predicted octanol–water partition coefficient (Wildman–Crippen LogP) is 15.4. The third-order valence-electron chi connectivity index (χ3n) is 4.89. The molecule has 6 rings (SSSR count). The molecule has 0 saturated carbocycles. The minimum atomic E-state index is 0.833. The normalized spacial score (nSPS) is 10.1. The van der Waals surface area contributed by atoms with E-state index in [1.807, 2.05) is 108 Å². The first kappa shape index (κ1) is 61.0. The van der Waals surface area contributed by atoms with Crippen molar-refractivity contribution in [2.24, 2.45) is 17.8 Å². The van der Waals surface area contributed by atoms with Crippen LogP contribution in [0.4, 0.5) is 0 Å². The third kappa shape index (κ3) is 41.3. The van der Waals surface area contributed by atoms with Gasteiger partial charge in [0.05, 0.1) is 5.69 Å². The van der Waals surface area contributed by atoms with Crippen LogP contribution in [-0.2, 0) is 26.2 Å². The molecule has 0 amide bonds. The Hall–Kier alpha value is -3.08. The van der Waals surface area contributed by atoms with E-state index in [4.69, 9.17) is 0 Å². The van der Waals surface area contributed by atoms with E-state index in [0.717, 1.165) is 43.9 Å². The van der Waals surface area contributed by atoms with E-state index in [0.29, 0.717) is 0 Å². The summed E-state index contributed by atoms with van der Waals surface area (Å²) >= 11 is 0. The number of pyridine rings is 2. The van der Waals surface area contributed by atoms with Gasteiger partial charge >= 0.3 is 0 Å². The Morgan fingerprint density at radius 2 is 0.750 bits per heavy atom. The molecule has 0 atom stereocenters. The van der Waals surface area contributed by atoms with Crippen LogP contribution < -0.4 is 10.6 Å². The zero-order valence-corrected chi connectivity index (χ0v) is 38.5. The molecule has 0 unspecified atom stereocenters. The number of hydrogen-bond acceptors (Lipinski definition) is 4. The molecule has 4 nitrogen and oxygen atoms in total. The summed E-state index contributed by atoms with van der Waals surface area (Å²) in [5.74, 6) is 2.50. The maximum absolute atomic E-state index is 4.20. The predicted molar refractivity (Wildman–Crippen MR) is 243 cm³/mol. The van der Waals surface area contributed by atoms with Gasteiger partial charge in [0.1, 0.15) is 0 Å². The van der Waals surface area contributed by atoms with Crippen LogP contribution in [0.2, 0.25) is 0 Å². The molecule has 0 aliphatic carbocycles. The number of rotatable bonds is 0. The van der Waals surface area contributed by atoms with Crippen molar-refractivity contribution in [1.82, 2.24) is 20.6 Å². The van der Waals surface area contributed by atoms with Crippen molar-refractivity contribution in [2.45, 2.75) is 172 Å². The highest BCUT2D eigenvalue weighted by molar-refractivity contribution is 5.82. The highest BCUT2D eigenvalue weighted by Crippen LogP contribution is 2.12. The molecular formula is C48H90N4. The number of fused-ring (bicyclic) bond motifs is 3. The molecule has 0 spiro atoms. The average molecular weight is 723 g/mol. The average Bonchev–Trinajstić information content (AvgIpc) is 3.87. The molecule has 0 bridgehead atoms. The minimum absolute atomic E-state index is 0.833. The molecule has 52 heavy (non-hydrogen) atoms. The first-order chi connectivity index (χ1) is 25.1. The van der Waals surface area contributed by atoms with Crippen molar-refractivity contribution in [1.29, 1.82) is 0 Å². The van der Waals surface area contributed by atoms with Crippen molar-refractivity contribution in [2.75, 3.05) is 0 Å². The van der Waals surface area contributed by atoms with Gasteiger partial charge in [0, 0.05) is 44.8 Å². The van der Waals surface area contributed by atoms with E-state index >= 15 is 0 Å². The monoisotopic (exact) mass is 723 g/mol. The second-order valence-corrected chi connectivity index (χ2v) is 12.0. The Morgan fingerprint density at radius 3 is 1.12 bits per heavy atom. The van der Waals surface area contributed by atoms with E-state index < -0.39 is 0 Å². The minimum Gasteiger partial charge on any atom is -0.309 e. The van der Waals surface area contributed by atoms with Crippen molar-refractivity contribution in [3.8, 4) is 0 Å². The summed E-state index contributed by atoms with van der Waals surface area (Å²) in [6.07, 6.45) is 5.60. The first-order valence-corrected chi connectivity index (χ1v) is 20.8. The highest BCUT2D eigenvalue weighted by atomic mass is 14.9. The van der Waals surface area contributed by atoms with Gasteiger partial charge in [0.15, 0.2) is 0 Å². The maximum Gasteiger partial charge on any atom is 0.0586 e. The molecule has 4 aromatic rings. The number of nitrogens with one attached hydrogen (secondary N) is 2. The quantitative estimate of drug-likeness (QED) is 0.190. The summed E-state index contributed by atoms with van der Waals surface area (Å²) in [6.45, 7) is 47.4. The summed E-state index contributed by atoms with van der Waals surface area (Å²) < 4.78 is 0. The van der Waals surface area contributed by atoms with Gasteiger partial charge in [0.25, 0.3) is 0 Å². The lowest BCUT2D eigenvalue weighted by atomic mass is 10.1. The SMILES string of the molecule is CC.CC.CC.CC.CC.CC.CC(C)C.CC(C)C.CC(C)C.c1cc2c(cn1)CNC2.c1ccc2ccccc2c1.c1cnc2c(c1)CNC2. The summed E-state index contributed by atoms with van der Waals surface area (Å²) in [6, 6.07) is 22.9. The Kier molecular flexibility index (Phi) is 58.7. The molecule has 4 heteroatoms. The third-order valence-corrected chi connectivity index (χ3v) is 4.89. The fourth-order valence-electron chi connectivity index (χ4n) is 3.36. The van der Waals surface area contributed by atoms with E-state index in [-0.39, 0.29) is 0 Å². The Labute approximate surface area is 327 Å². The molecule has 2 aliphatic rings. The first-order valence-electron chi connectivity index (χ1n) is 20.8. The van der Waals surface area contributed by atoms with Gasteiger partial charge < -0.3 is 10.6 Å². The lowest BCUT2D eigenvalue weighted by molar-refractivity contribution is 0.736. The Balaban J connectivity index is -0.000000119.